The van der Waals surface area contributed by atoms with Crippen LogP contribution in [0.25, 0.3) is 10.4 Å². The maximum Gasteiger partial charge on any atom is 0.353 e. The number of nitrogens with one attached hydrogen (secondary N) is 2. The van der Waals surface area contributed by atoms with Gasteiger partial charge in [-0.15, -0.1) is 11.8 Å². The molecule has 6 N–H and O–H groups in total. The number of aliphatic hydroxyl groups excluding tert-OH is 1. The van der Waals surface area contributed by atoms with E-state index in [1.807, 2.05) is 0 Å². The lowest BCUT2D eigenvalue weighted by Crippen LogP contribution is -2.64. The Morgan fingerprint density at radius 1 is 1.37 bits per heavy atom. The molecule has 1 aromatic rings. The highest BCUT2D eigenvalue weighted by molar-refractivity contribution is 8.03. The van der Waals surface area contributed by atoms with E-state index >= 15 is 0 Å². The summed E-state index contributed by atoms with van der Waals surface area (Å²) in [5.74, 6) is -3.23. The molecule has 6 atom stereocenters. The number of hydrogen-bond acceptors (Lipinski definition) is 9. The number of β-lactam (4-membered cyclic amide) rings is 1. The van der Waals surface area contributed by atoms with Gasteiger partial charge in [-0.2, -0.15) is 0 Å². The van der Waals surface area contributed by atoms with Crippen LogP contribution >= 0.6 is 11.8 Å². The van der Waals surface area contributed by atoms with E-state index in [0.29, 0.717) is 23.4 Å². The summed E-state index contributed by atoms with van der Waals surface area (Å²) in [6.45, 7) is 2.14. The number of azide groups is 1. The number of carbonyl (C=O) groups excluding carboxylic acids is 2. The second kappa shape index (κ2) is 10.9. The monoisotopic (exact) mass is 565 g/mol. The maximum absolute atomic E-state index is 12.7. The third-order valence-corrected chi connectivity index (χ3v) is 9.40. The van der Waals surface area contributed by atoms with Crippen molar-refractivity contribution in [2.24, 2.45) is 22.1 Å². The van der Waals surface area contributed by atoms with E-state index in [-0.39, 0.29) is 40.8 Å². The average Bonchev–Trinajstić information content (AvgIpc) is 3.43. The molecule has 16 heteroatoms. The number of fused-ring (bicyclic) bond motifs is 1. The largest absolute Gasteiger partial charge is 0.477 e. The number of aliphatic carboxylic acids is 1. The summed E-state index contributed by atoms with van der Waals surface area (Å²) >= 11 is 1.31. The smallest absolute Gasteiger partial charge is 0.353 e. The minimum Gasteiger partial charge on any atom is -0.477 e. The highest BCUT2D eigenvalue weighted by Gasteiger charge is 2.60. The number of amides is 2. The number of sulfonamides is 1. The van der Waals surface area contributed by atoms with Crippen molar-refractivity contribution in [2.75, 3.05) is 13.1 Å². The Kier molecular flexibility index (Phi) is 8.01. The van der Waals surface area contributed by atoms with Crippen LogP contribution in [0.3, 0.4) is 0 Å². The fourth-order valence-corrected chi connectivity index (χ4v) is 7.09. The molecule has 2 fully saturated rings. The maximum atomic E-state index is 12.7. The Labute approximate surface area is 222 Å². The molecule has 0 radical (unpaired) electrons. The molecular weight excluding hydrogens is 538 g/mol. The van der Waals surface area contributed by atoms with Gasteiger partial charge in [-0.1, -0.05) is 24.2 Å². The van der Waals surface area contributed by atoms with Gasteiger partial charge in [0.05, 0.1) is 35.5 Å². The first-order valence-electron chi connectivity index (χ1n) is 11.7. The predicted molar refractivity (Wildman–Crippen MR) is 135 cm³/mol. The van der Waals surface area contributed by atoms with Gasteiger partial charge in [0.2, 0.25) is 21.8 Å². The van der Waals surface area contributed by atoms with Crippen molar-refractivity contribution in [3.05, 3.63) is 50.9 Å². The van der Waals surface area contributed by atoms with Gasteiger partial charge in [-0.25, -0.2) is 18.4 Å². The summed E-state index contributed by atoms with van der Waals surface area (Å²) in [6, 6.07) is 4.78. The fraction of sp³-hybridized carbons (Fsp3) is 0.500. The summed E-state index contributed by atoms with van der Waals surface area (Å²) in [6.07, 6.45) is -0.787. The number of carboxylic acid groups (broad SMARTS) is 1. The number of thioether (sulfide) groups is 1. The zero-order chi connectivity index (χ0) is 27.8. The van der Waals surface area contributed by atoms with Gasteiger partial charge in [0, 0.05) is 34.1 Å². The van der Waals surface area contributed by atoms with E-state index in [1.54, 1.807) is 19.1 Å². The molecular formula is C22H27N7O7S2. The second-order valence-corrected chi connectivity index (χ2v) is 12.3. The van der Waals surface area contributed by atoms with Crippen molar-refractivity contribution in [1.29, 1.82) is 0 Å². The predicted octanol–water partition coefficient (Wildman–Crippen LogP) is -0.142. The molecule has 0 aliphatic carbocycles. The number of benzene rings is 1. The number of nitrogens with two attached hydrogens (primary N) is 1. The molecule has 2 amide bonds. The Hall–Kier alpha value is -3.14. The lowest BCUT2D eigenvalue weighted by molar-refractivity contribution is -0.163. The van der Waals surface area contributed by atoms with Gasteiger partial charge < -0.3 is 25.7 Å². The standard InChI is InChI=1S/C22H27N7O7S2/c1-10-17-16(15(30)9-27-28-23)21(32)29(17)18(22(33)34)19(10)37-12-6-14(25-8-12)20(31)26-7-11-2-4-13(5-3-11)38(24,35)36/h2-5,10,12,14-17,25,30H,6-9H2,1H3,(H,26,31)(H,33,34)(H2,24,35,36)/t10-,12+,14+,15-,16-,17-/m1/s1. The minimum absolute atomic E-state index is 0.0240. The van der Waals surface area contributed by atoms with Gasteiger partial charge in [0.1, 0.15) is 5.70 Å². The van der Waals surface area contributed by atoms with Crippen LogP contribution in [0.15, 0.2) is 44.9 Å². The number of carbonyl (C=O) groups is 3. The van der Waals surface area contributed by atoms with Crippen molar-refractivity contribution >= 4 is 39.6 Å². The van der Waals surface area contributed by atoms with Crippen LogP contribution in [-0.4, -0.2) is 77.8 Å². The lowest BCUT2D eigenvalue weighted by Gasteiger charge is -2.46. The summed E-state index contributed by atoms with van der Waals surface area (Å²) in [7, 11) is -3.80. The van der Waals surface area contributed by atoms with E-state index in [2.05, 4.69) is 20.7 Å². The number of hydrogen-bond donors (Lipinski definition) is 5. The van der Waals surface area contributed by atoms with Crippen LogP contribution in [0.4, 0.5) is 0 Å². The van der Waals surface area contributed by atoms with E-state index in [9.17, 15) is 33.0 Å². The first-order chi connectivity index (χ1) is 17.9. The molecule has 0 unspecified atom stereocenters. The number of carboxylic acids is 1. The molecule has 0 spiro atoms. The summed E-state index contributed by atoms with van der Waals surface area (Å²) in [4.78, 5) is 41.8. The first-order valence-corrected chi connectivity index (χ1v) is 14.2. The SMILES string of the molecule is C[C@H]1C(S[C@@H]2CN[C@H](C(=O)NCc3ccc(S(N)(=O)=O)cc3)C2)=C(C(=O)O)N2C(=O)[C@H]([C@H](O)CN=[N+]=[N-])[C@@H]12. The summed E-state index contributed by atoms with van der Waals surface area (Å²) < 4.78 is 22.7. The average molecular weight is 566 g/mol. The van der Waals surface area contributed by atoms with Gasteiger partial charge in [0.15, 0.2) is 0 Å². The number of nitrogens with zero attached hydrogens (tertiary/aromatic N) is 4. The molecule has 0 bridgehead atoms. The van der Waals surface area contributed by atoms with Crippen LogP contribution < -0.4 is 15.8 Å². The van der Waals surface area contributed by atoms with Crippen LogP contribution in [0.1, 0.15) is 18.9 Å². The van der Waals surface area contributed by atoms with Crippen molar-refractivity contribution in [3.8, 4) is 0 Å². The fourth-order valence-electron chi connectivity index (χ4n) is 5.09. The third kappa shape index (κ3) is 5.36. The molecule has 38 heavy (non-hydrogen) atoms. The third-order valence-electron chi connectivity index (χ3n) is 6.96. The quantitative estimate of drug-likeness (QED) is 0.110. The number of aliphatic hydroxyl groups is 1. The molecule has 3 heterocycles. The molecule has 1 aromatic carbocycles. The van der Waals surface area contributed by atoms with Crippen LogP contribution in [0.2, 0.25) is 0 Å². The zero-order valence-electron chi connectivity index (χ0n) is 20.2. The molecule has 2 saturated heterocycles. The van der Waals surface area contributed by atoms with Crippen molar-refractivity contribution in [1.82, 2.24) is 15.5 Å². The van der Waals surface area contributed by atoms with Gasteiger partial charge in [-0.3, -0.25) is 9.59 Å². The van der Waals surface area contributed by atoms with Crippen molar-refractivity contribution < 1.29 is 33.0 Å². The highest BCUT2D eigenvalue weighted by atomic mass is 32.2. The van der Waals surface area contributed by atoms with E-state index in [1.165, 1.54) is 28.8 Å². The molecule has 14 nitrogen and oxygen atoms in total. The molecule has 0 aromatic heterocycles. The molecule has 204 valence electrons. The Morgan fingerprint density at radius 2 is 2.05 bits per heavy atom. The molecule has 4 rings (SSSR count). The number of rotatable bonds is 10. The highest BCUT2D eigenvalue weighted by Crippen LogP contribution is 2.51. The Bertz CT molecular complexity index is 1330. The second-order valence-electron chi connectivity index (χ2n) is 9.36. The van der Waals surface area contributed by atoms with Crippen molar-refractivity contribution in [2.45, 2.75) is 48.2 Å². The van der Waals surface area contributed by atoms with Gasteiger partial charge >= 0.3 is 5.97 Å². The van der Waals surface area contributed by atoms with E-state index in [4.69, 9.17) is 10.7 Å². The summed E-state index contributed by atoms with van der Waals surface area (Å²) in [5, 5.41) is 34.4. The molecule has 3 aliphatic heterocycles. The van der Waals surface area contributed by atoms with Crippen molar-refractivity contribution in [3.63, 3.8) is 0 Å². The lowest BCUT2D eigenvalue weighted by atomic mass is 9.78. The molecule has 3 aliphatic rings. The summed E-state index contributed by atoms with van der Waals surface area (Å²) in [5.41, 5.74) is 9.08. The van der Waals surface area contributed by atoms with Gasteiger partial charge in [-0.05, 0) is 29.6 Å². The topological polar surface area (TPSA) is 228 Å². The van der Waals surface area contributed by atoms with Crippen LogP contribution in [-0.2, 0) is 31.0 Å². The zero-order valence-corrected chi connectivity index (χ0v) is 21.9. The van der Waals surface area contributed by atoms with Crippen LogP contribution in [0, 0.1) is 11.8 Å². The molecule has 0 saturated carbocycles. The normalized spacial score (nSPS) is 27.4. The van der Waals surface area contributed by atoms with Gasteiger partial charge in [0.25, 0.3) is 0 Å². The van der Waals surface area contributed by atoms with Crippen LogP contribution in [0.5, 0.6) is 0 Å². The Balaban J connectivity index is 1.37. The Morgan fingerprint density at radius 3 is 2.66 bits per heavy atom. The minimum atomic E-state index is -3.80. The van der Waals surface area contributed by atoms with E-state index < -0.39 is 46.0 Å². The number of primary sulfonamides is 1. The van der Waals surface area contributed by atoms with E-state index in [0.717, 1.165) is 0 Å². The first kappa shape index (κ1) is 27.9.